The SMILES string of the molecule is COc1ccc(/C=C/C(=O)NC(=S)Nc2ccc(C(=O)N3CCC(C)CC3)cc2)cc1. The van der Waals surface area contributed by atoms with Crippen LogP contribution in [0.3, 0.4) is 0 Å². The van der Waals surface area contributed by atoms with Gasteiger partial charge < -0.3 is 15.0 Å². The van der Waals surface area contributed by atoms with Crippen LogP contribution in [0.5, 0.6) is 5.75 Å². The minimum absolute atomic E-state index is 0.0537. The van der Waals surface area contributed by atoms with Gasteiger partial charge in [-0.3, -0.25) is 14.9 Å². The third kappa shape index (κ3) is 6.65. The van der Waals surface area contributed by atoms with Crippen LogP contribution in [0.15, 0.2) is 54.6 Å². The Balaban J connectivity index is 1.49. The minimum atomic E-state index is -0.334. The maximum Gasteiger partial charge on any atom is 0.253 e. The molecule has 1 aliphatic heterocycles. The van der Waals surface area contributed by atoms with Crippen molar-refractivity contribution in [3.8, 4) is 5.75 Å². The third-order valence-corrected chi connectivity index (χ3v) is 5.44. The molecule has 0 bridgehead atoms. The predicted molar refractivity (Wildman–Crippen MR) is 127 cm³/mol. The van der Waals surface area contributed by atoms with E-state index >= 15 is 0 Å². The van der Waals surface area contributed by atoms with Crippen LogP contribution in [0, 0.1) is 5.92 Å². The molecule has 0 spiro atoms. The molecule has 1 saturated heterocycles. The lowest BCUT2D eigenvalue weighted by molar-refractivity contribution is -0.115. The van der Waals surface area contributed by atoms with E-state index in [-0.39, 0.29) is 16.9 Å². The second-order valence-corrected chi connectivity index (χ2v) is 8.01. The fourth-order valence-corrected chi connectivity index (χ4v) is 3.51. The van der Waals surface area contributed by atoms with Gasteiger partial charge in [-0.1, -0.05) is 19.1 Å². The van der Waals surface area contributed by atoms with Gasteiger partial charge in [0.2, 0.25) is 5.91 Å². The molecule has 0 radical (unpaired) electrons. The summed E-state index contributed by atoms with van der Waals surface area (Å²) >= 11 is 5.21. The van der Waals surface area contributed by atoms with Crippen LogP contribution in [-0.4, -0.2) is 42.0 Å². The molecular formula is C24H27N3O3S. The summed E-state index contributed by atoms with van der Waals surface area (Å²) in [6, 6.07) is 14.5. The molecule has 3 rings (SSSR count). The summed E-state index contributed by atoms with van der Waals surface area (Å²) in [6.07, 6.45) is 5.20. The van der Waals surface area contributed by atoms with E-state index in [1.165, 1.54) is 6.08 Å². The first-order valence-electron chi connectivity index (χ1n) is 10.3. The number of carbonyl (C=O) groups excluding carboxylic acids is 2. The molecule has 0 unspecified atom stereocenters. The van der Waals surface area contributed by atoms with E-state index < -0.39 is 0 Å². The van der Waals surface area contributed by atoms with Crippen LogP contribution in [0.25, 0.3) is 6.08 Å². The standard InChI is InChI=1S/C24H27N3O3S/c1-17-13-15-27(16-14-17)23(29)19-6-8-20(9-7-19)25-24(31)26-22(28)12-5-18-3-10-21(30-2)11-4-18/h3-12,17H,13-16H2,1-2H3,(H2,25,26,28,31)/b12-5+. The van der Waals surface area contributed by atoms with E-state index in [1.54, 1.807) is 37.5 Å². The van der Waals surface area contributed by atoms with Gasteiger partial charge in [0.15, 0.2) is 5.11 Å². The first-order chi connectivity index (χ1) is 14.9. The average molecular weight is 438 g/mol. The molecule has 2 aromatic rings. The lowest BCUT2D eigenvalue weighted by Crippen LogP contribution is -2.37. The Bertz CT molecular complexity index is 947. The number of thiocarbonyl (C=S) groups is 1. The molecule has 31 heavy (non-hydrogen) atoms. The quantitative estimate of drug-likeness (QED) is 0.545. The van der Waals surface area contributed by atoms with Crippen molar-refractivity contribution < 1.29 is 14.3 Å². The highest BCUT2D eigenvalue weighted by Crippen LogP contribution is 2.19. The summed E-state index contributed by atoms with van der Waals surface area (Å²) < 4.78 is 5.11. The summed E-state index contributed by atoms with van der Waals surface area (Å²) in [4.78, 5) is 26.6. The Morgan fingerprint density at radius 2 is 1.71 bits per heavy atom. The number of likely N-dealkylation sites (tertiary alicyclic amines) is 1. The van der Waals surface area contributed by atoms with Gasteiger partial charge >= 0.3 is 0 Å². The average Bonchev–Trinajstić information content (AvgIpc) is 2.78. The molecular weight excluding hydrogens is 410 g/mol. The molecule has 0 saturated carbocycles. The summed E-state index contributed by atoms with van der Waals surface area (Å²) in [7, 11) is 1.60. The van der Waals surface area contributed by atoms with E-state index in [1.807, 2.05) is 29.2 Å². The molecule has 1 aliphatic rings. The number of nitrogens with one attached hydrogen (secondary N) is 2. The van der Waals surface area contributed by atoms with E-state index in [9.17, 15) is 9.59 Å². The number of rotatable bonds is 5. The van der Waals surface area contributed by atoms with Gasteiger partial charge in [0.25, 0.3) is 5.91 Å². The zero-order valence-electron chi connectivity index (χ0n) is 17.8. The number of amides is 2. The maximum atomic E-state index is 12.6. The highest BCUT2D eigenvalue weighted by molar-refractivity contribution is 7.80. The van der Waals surface area contributed by atoms with Gasteiger partial charge in [0.05, 0.1) is 7.11 Å². The molecule has 1 fully saturated rings. The topological polar surface area (TPSA) is 70.7 Å². The second-order valence-electron chi connectivity index (χ2n) is 7.60. The zero-order chi connectivity index (χ0) is 22.2. The molecule has 2 aromatic carbocycles. The van der Waals surface area contributed by atoms with Gasteiger partial charge in [-0.2, -0.15) is 0 Å². The van der Waals surface area contributed by atoms with Crippen LogP contribution >= 0.6 is 12.2 Å². The number of ether oxygens (including phenoxy) is 1. The summed E-state index contributed by atoms with van der Waals surface area (Å²) in [5.74, 6) is 1.15. The van der Waals surface area contributed by atoms with Crippen molar-refractivity contribution in [3.63, 3.8) is 0 Å². The highest BCUT2D eigenvalue weighted by atomic mass is 32.1. The van der Waals surface area contributed by atoms with Crippen LogP contribution in [-0.2, 0) is 4.79 Å². The number of hydrogen-bond donors (Lipinski definition) is 2. The van der Waals surface area contributed by atoms with E-state index in [2.05, 4.69) is 17.6 Å². The van der Waals surface area contributed by atoms with Crippen molar-refractivity contribution in [1.29, 1.82) is 0 Å². The minimum Gasteiger partial charge on any atom is -0.497 e. The fourth-order valence-electron chi connectivity index (χ4n) is 3.29. The van der Waals surface area contributed by atoms with Crippen LogP contribution in [0.1, 0.15) is 35.7 Å². The Hall–Kier alpha value is -3.19. The van der Waals surface area contributed by atoms with E-state index in [4.69, 9.17) is 17.0 Å². The summed E-state index contributed by atoms with van der Waals surface area (Å²) in [6.45, 7) is 3.83. The molecule has 6 nitrogen and oxygen atoms in total. The van der Waals surface area contributed by atoms with Crippen LogP contribution in [0.2, 0.25) is 0 Å². The third-order valence-electron chi connectivity index (χ3n) is 5.24. The maximum absolute atomic E-state index is 12.6. The van der Waals surface area contributed by atoms with Crippen molar-refractivity contribution >= 4 is 40.9 Å². The van der Waals surface area contributed by atoms with Gasteiger partial charge in [-0.05, 0) is 79.0 Å². The summed E-state index contributed by atoms with van der Waals surface area (Å²) in [5.41, 5.74) is 2.23. The lowest BCUT2D eigenvalue weighted by atomic mass is 9.98. The first kappa shape index (κ1) is 22.5. The molecule has 0 aliphatic carbocycles. The Morgan fingerprint density at radius 1 is 1.06 bits per heavy atom. The molecule has 1 heterocycles. The van der Waals surface area contributed by atoms with Crippen molar-refractivity contribution in [2.24, 2.45) is 5.92 Å². The van der Waals surface area contributed by atoms with E-state index in [0.29, 0.717) is 17.2 Å². The molecule has 162 valence electrons. The Labute approximate surface area is 188 Å². The van der Waals surface area contributed by atoms with E-state index in [0.717, 1.165) is 37.2 Å². The molecule has 0 atom stereocenters. The van der Waals surface area contributed by atoms with Crippen molar-refractivity contribution in [3.05, 3.63) is 65.7 Å². The fraction of sp³-hybridized carbons (Fsp3) is 0.292. The predicted octanol–water partition coefficient (Wildman–Crippen LogP) is 4.09. The number of methoxy groups -OCH3 is 1. The number of anilines is 1. The number of hydrogen-bond acceptors (Lipinski definition) is 4. The molecule has 7 heteroatoms. The van der Waals surface area contributed by atoms with Gasteiger partial charge in [-0.15, -0.1) is 0 Å². The lowest BCUT2D eigenvalue weighted by Gasteiger charge is -2.30. The largest absolute Gasteiger partial charge is 0.497 e. The zero-order valence-corrected chi connectivity index (χ0v) is 18.6. The number of nitrogens with zero attached hydrogens (tertiary/aromatic N) is 1. The van der Waals surface area contributed by atoms with Gasteiger partial charge in [0.1, 0.15) is 5.75 Å². The first-order valence-corrected chi connectivity index (χ1v) is 10.7. The van der Waals surface area contributed by atoms with Crippen LogP contribution < -0.4 is 15.4 Å². The number of benzene rings is 2. The molecule has 2 amide bonds. The van der Waals surface area contributed by atoms with Gasteiger partial charge in [0, 0.05) is 30.4 Å². The normalized spacial score (nSPS) is 14.3. The number of carbonyl (C=O) groups is 2. The molecule has 2 N–H and O–H groups in total. The second kappa shape index (κ2) is 10.7. The van der Waals surface area contributed by atoms with Crippen molar-refractivity contribution in [1.82, 2.24) is 10.2 Å². The van der Waals surface area contributed by atoms with Crippen molar-refractivity contribution in [2.75, 3.05) is 25.5 Å². The van der Waals surface area contributed by atoms with Crippen LogP contribution in [0.4, 0.5) is 5.69 Å². The Morgan fingerprint density at radius 3 is 2.32 bits per heavy atom. The molecule has 0 aromatic heterocycles. The smallest absolute Gasteiger partial charge is 0.253 e. The monoisotopic (exact) mass is 437 g/mol. The highest BCUT2D eigenvalue weighted by Gasteiger charge is 2.21. The number of piperidine rings is 1. The Kier molecular flexibility index (Phi) is 7.78. The summed E-state index contributed by atoms with van der Waals surface area (Å²) in [5, 5.41) is 5.76. The van der Waals surface area contributed by atoms with Gasteiger partial charge in [-0.25, -0.2) is 0 Å². The van der Waals surface area contributed by atoms with Crippen molar-refractivity contribution in [2.45, 2.75) is 19.8 Å².